The van der Waals surface area contributed by atoms with E-state index in [-0.39, 0.29) is 11.6 Å². The lowest BCUT2D eigenvalue weighted by Crippen LogP contribution is -2.42. The van der Waals surface area contributed by atoms with Crippen LogP contribution in [0.5, 0.6) is 0 Å². The van der Waals surface area contributed by atoms with Crippen molar-refractivity contribution in [2.24, 2.45) is 5.92 Å². The van der Waals surface area contributed by atoms with E-state index < -0.39 is 0 Å². The molecule has 2 N–H and O–H groups in total. The smallest absolute Gasteiger partial charge is 0.315 e. The normalized spacial score (nSPS) is 19.3. The molecule has 4 aromatic rings. The molecule has 5 heteroatoms. The average molecular weight is 476 g/mol. The molecule has 2 bridgehead atoms. The fraction of sp³-hybridized carbons (Fsp3) is 0.226. The quantitative estimate of drug-likeness (QED) is 0.413. The van der Waals surface area contributed by atoms with Gasteiger partial charge in [0, 0.05) is 37.2 Å². The lowest BCUT2D eigenvalue weighted by atomic mass is 9.59. The first-order valence-electron chi connectivity index (χ1n) is 12.6. The van der Waals surface area contributed by atoms with Crippen LogP contribution in [0.15, 0.2) is 102 Å². The second-order valence-electron chi connectivity index (χ2n) is 9.83. The average Bonchev–Trinajstić information content (AvgIpc) is 2.93. The van der Waals surface area contributed by atoms with Crippen molar-refractivity contribution >= 4 is 6.03 Å². The van der Waals surface area contributed by atoms with Gasteiger partial charge in [0.15, 0.2) is 0 Å². The molecule has 180 valence electrons. The van der Waals surface area contributed by atoms with Gasteiger partial charge in [0.2, 0.25) is 0 Å². The van der Waals surface area contributed by atoms with Crippen molar-refractivity contribution in [3.8, 4) is 0 Å². The minimum absolute atomic E-state index is 0.0157. The van der Waals surface area contributed by atoms with Gasteiger partial charge in [-0.2, -0.15) is 0 Å². The Kier molecular flexibility index (Phi) is 5.90. The summed E-state index contributed by atoms with van der Waals surface area (Å²) in [4.78, 5) is 24.6. The molecule has 0 saturated carbocycles. The fourth-order valence-corrected chi connectivity index (χ4v) is 5.98. The molecule has 0 saturated heterocycles. The van der Waals surface area contributed by atoms with E-state index in [1.54, 1.807) is 22.9 Å². The van der Waals surface area contributed by atoms with Gasteiger partial charge in [-0.15, -0.1) is 0 Å². The Morgan fingerprint density at radius 3 is 2.03 bits per heavy atom. The monoisotopic (exact) mass is 475 g/mol. The standard InChI is InChI=1S/C31H29N3O2/c35-29-11-5-6-16-34(29)20-22-14-12-21(13-15-22)18-32-31(36)33-19-23-17-28-24-7-1-3-9-26(24)30(23)27-10-4-2-8-25(27)28/h1-16,23,28,30H,17-20H2,(H2,32,33,36). The minimum Gasteiger partial charge on any atom is -0.338 e. The van der Waals surface area contributed by atoms with Crippen molar-refractivity contribution in [2.75, 3.05) is 6.54 Å². The summed E-state index contributed by atoms with van der Waals surface area (Å²) < 4.78 is 1.68. The van der Waals surface area contributed by atoms with Gasteiger partial charge in [0.05, 0.1) is 6.54 Å². The number of benzene rings is 3. The molecule has 1 aromatic heterocycles. The van der Waals surface area contributed by atoms with Crippen molar-refractivity contribution in [1.82, 2.24) is 15.2 Å². The van der Waals surface area contributed by atoms with Gasteiger partial charge < -0.3 is 15.2 Å². The summed E-state index contributed by atoms with van der Waals surface area (Å²) in [5.41, 5.74) is 7.77. The summed E-state index contributed by atoms with van der Waals surface area (Å²) in [5, 5.41) is 6.13. The van der Waals surface area contributed by atoms with Crippen LogP contribution in [0.4, 0.5) is 4.79 Å². The number of hydrogen-bond donors (Lipinski definition) is 2. The minimum atomic E-state index is -0.141. The highest BCUT2D eigenvalue weighted by Gasteiger charge is 2.42. The van der Waals surface area contributed by atoms with E-state index in [4.69, 9.17) is 0 Å². The fourth-order valence-electron chi connectivity index (χ4n) is 5.98. The van der Waals surface area contributed by atoms with Gasteiger partial charge in [0.1, 0.15) is 0 Å². The Morgan fingerprint density at radius 2 is 1.36 bits per heavy atom. The molecule has 5 nitrogen and oxygen atoms in total. The Balaban J connectivity index is 1.06. The lowest BCUT2D eigenvalue weighted by molar-refractivity contribution is 0.235. The molecule has 2 amide bonds. The molecule has 3 aliphatic carbocycles. The van der Waals surface area contributed by atoms with Crippen LogP contribution in [-0.4, -0.2) is 17.1 Å². The summed E-state index contributed by atoms with van der Waals surface area (Å²) in [6, 6.07) is 30.6. The summed E-state index contributed by atoms with van der Waals surface area (Å²) >= 11 is 0. The number of carbonyl (C=O) groups is 1. The van der Waals surface area contributed by atoms with Gasteiger partial charge in [-0.3, -0.25) is 4.79 Å². The number of carbonyl (C=O) groups excluding carboxylic acids is 1. The molecule has 1 atom stereocenters. The summed E-state index contributed by atoms with van der Waals surface area (Å²) in [5.74, 6) is 1.11. The first kappa shape index (κ1) is 22.4. The molecule has 1 unspecified atom stereocenters. The lowest BCUT2D eigenvalue weighted by Gasteiger charge is -2.45. The van der Waals surface area contributed by atoms with Crippen molar-refractivity contribution in [3.63, 3.8) is 0 Å². The van der Waals surface area contributed by atoms with Crippen LogP contribution in [0.3, 0.4) is 0 Å². The molecule has 3 aliphatic rings. The van der Waals surface area contributed by atoms with Crippen LogP contribution >= 0.6 is 0 Å². The van der Waals surface area contributed by atoms with Crippen LogP contribution in [0.25, 0.3) is 0 Å². The summed E-state index contributed by atoms with van der Waals surface area (Å²) in [6.45, 7) is 1.64. The maximum Gasteiger partial charge on any atom is 0.315 e. The molecule has 36 heavy (non-hydrogen) atoms. The maximum absolute atomic E-state index is 12.6. The van der Waals surface area contributed by atoms with Crippen LogP contribution in [0, 0.1) is 5.92 Å². The van der Waals surface area contributed by atoms with Crippen LogP contribution in [-0.2, 0) is 13.1 Å². The number of aromatic nitrogens is 1. The number of fused-ring (bicyclic) bond motifs is 1. The van der Waals surface area contributed by atoms with Crippen molar-refractivity contribution < 1.29 is 4.79 Å². The predicted octanol–water partition coefficient (Wildman–Crippen LogP) is 4.99. The Labute approximate surface area is 210 Å². The number of nitrogens with one attached hydrogen (secondary N) is 2. The molecular formula is C31H29N3O2. The van der Waals surface area contributed by atoms with Gasteiger partial charge >= 0.3 is 6.03 Å². The van der Waals surface area contributed by atoms with E-state index in [1.807, 2.05) is 30.3 Å². The van der Waals surface area contributed by atoms with Gasteiger partial charge in [-0.1, -0.05) is 78.9 Å². The molecule has 0 radical (unpaired) electrons. The highest BCUT2D eigenvalue weighted by Crippen LogP contribution is 2.55. The Bertz CT molecular complexity index is 1410. The first-order chi connectivity index (χ1) is 17.7. The van der Waals surface area contributed by atoms with E-state index in [9.17, 15) is 9.59 Å². The molecule has 3 aromatic carbocycles. The first-order valence-corrected chi connectivity index (χ1v) is 12.6. The van der Waals surface area contributed by atoms with Gasteiger partial charge in [-0.05, 0) is 51.8 Å². The number of hydrogen-bond acceptors (Lipinski definition) is 2. The van der Waals surface area contributed by atoms with Crippen molar-refractivity contribution in [2.45, 2.75) is 31.3 Å². The van der Waals surface area contributed by atoms with Gasteiger partial charge in [-0.25, -0.2) is 4.79 Å². The second kappa shape index (κ2) is 9.50. The van der Waals surface area contributed by atoms with E-state index in [0.717, 1.165) is 17.5 Å². The maximum atomic E-state index is 12.6. The summed E-state index contributed by atoms with van der Waals surface area (Å²) in [7, 11) is 0. The predicted molar refractivity (Wildman–Crippen MR) is 141 cm³/mol. The molecule has 0 fully saturated rings. The van der Waals surface area contributed by atoms with E-state index in [2.05, 4.69) is 59.2 Å². The number of rotatable bonds is 6. The molecule has 1 heterocycles. The number of pyridine rings is 1. The third kappa shape index (κ3) is 4.22. The van der Waals surface area contributed by atoms with E-state index in [0.29, 0.717) is 37.4 Å². The Hall–Kier alpha value is -4.12. The highest BCUT2D eigenvalue weighted by molar-refractivity contribution is 5.74. The zero-order chi connectivity index (χ0) is 24.5. The third-order valence-electron chi connectivity index (χ3n) is 7.68. The molecule has 0 spiro atoms. The molecule has 0 aliphatic heterocycles. The highest BCUT2D eigenvalue weighted by atomic mass is 16.2. The number of urea groups is 1. The topological polar surface area (TPSA) is 63.1 Å². The largest absolute Gasteiger partial charge is 0.338 e. The van der Waals surface area contributed by atoms with Crippen LogP contribution in [0.1, 0.15) is 51.6 Å². The Morgan fingerprint density at radius 1 is 0.750 bits per heavy atom. The zero-order valence-electron chi connectivity index (χ0n) is 20.1. The van der Waals surface area contributed by atoms with Gasteiger partial charge in [0.25, 0.3) is 5.56 Å². The molecular weight excluding hydrogens is 446 g/mol. The number of nitrogens with zero attached hydrogens (tertiary/aromatic N) is 1. The zero-order valence-corrected chi connectivity index (χ0v) is 20.1. The van der Waals surface area contributed by atoms with E-state index in [1.165, 1.54) is 22.3 Å². The summed E-state index contributed by atoms with van der Waals surface area (Å²) in [6.07, 6.45) is 2.85. The SMILES string of the molecule is O=C(NCc1ccc(Cn2ccccc2=O)cc1)NCC1CC2c3ccccc3C1c1ccccc12. The van der Waals surface area contributed by atoms with Crippen LogP contribution < -0.4 is 16.2 Å². The van der Waals surface area contributed by atoms with Crippen molar-refractivity contribution in [1.29, 1.82) is 0 Å². The van der Waals surface area contributed by atoms with Crippen molar-refractivity contribution in [3.05, 3.63) is 141 Å². The third-order valence-corrected chi connectivity index (χ3v) is 7.68. The number of amides is 2. The van der Waals surface area contributed by atoms with E-state index >= 15 is 0 Å². The molecule has 7 rings (SSSR count). The van der Waals surface area contributed by atoms with Crippen LogP contribution in [0.2, 0.25) is 0 Å². The second-order valence-corrected chi connectivity index (χ2v) is 9.83.